The molecule has 0 atom stereocenters. The van der Waals surface area contributed by atoms with Crippen LogP contribution in [-0.4, -0.2) is 11.6 Å². The van der Waals surface area contributed by atoms with Crippen LogP contribution in [0.25, 0.3) is 0 Å². The predicted molar refractivity (Wildman–Crippen MR) is 25.7 cm³/mol. The van der Waals surface area contributed by atoms with E-state index in [2.05, 4.69) is 0 Å². The van der Waals surface area contributed by atoms with Crippen molar-refractivity contribution in [1.29, 1.82) is 0 Å². The third-order valence-electron chi connectivity index (χ3n) is 0.407. The summed E-state index contributed by atoms with van der Waals surface area (Å²) in [7, 11) is 0. The van der Waals surface area contributed by atoms with Crippen LogP contribution in [-0.2, 0) is 35.8 Å². The van der Waals surface area contributed by atoms with Crippen LogP contribution in [0.15, 0.2) is 0 Å². The summed E-state index contributed by atoms with van der Waals surface area (Å²) in [5.41, 5.74) is 0. The predicted octanol–water partition coefficient (Wildman–Crippen LogP) is 0.366. The van der Waals surface area contributed by atoms with E-state index in [0.29, 0.717) is 0 Å². The van der Waals surface area contributed by atoms with Crippen molar-refractivity contribution in [2.45, 2.75) is 13.8 Å². The zero-order valence-electron chi connectivity index (χ0n) is 4.89. The van der Waals surface area contributed by atoms with E-state index in [1.165, 1.54) is 13.8 Å². The van der Waals surface area contributed by atoms with Crippen molar-refractivity contribution in [2.75, 3.05) is 0 Å². The van der Waals surface area contributed by atoms with Crippen LogP contribution >= 0.6 is 0 Å². The average molecular weight is 190 g/mol. The number of Topliss-reactive ketones (excluding diaryl/α,β-unsaturated/α-hetero) is 2. The summed E-state index contributed by atoms with van der Waals surface area (Å²) in [6, 6.07) is 0. The number of carbonyl (C=O) groups excluding carboxylic acids is 2. The Morgan fingerprint density at radius 2 is 1.38 bits per heavy atom. The summed E-state index contributed by atoms with van der Waals surface area (Å²) in [5.74, 6) is -0.375. The Balaban J connectivity index is 0. The van der Waals surface area contributed by atoms with Crippen molar-refractivity contribution in [3.05, 3.63) is 6.42 Å². The molecule has 0 aliphatic heterocycles. The Labute approximate surface area is 67.8 Å². The molecule has 0 rings (SSSR count). The number of hydrogen-bond donors (Lipinski definition) is 0. The zero-order chi connectivity index (χ0) is 5.86. The molecule has 3 heteroatoms. The van der Waals surface area contributed by atoms with Crippen LogP contribution in [0.1, 0.15) is 13.8 Å². The summed E-state index contributed by atoms with van der Waals surface area (Å²) < 4.78 is 0. The van der Waals surface area contributed by atoms with Crippen molar-refractivity contribution in [3.8, 4) is 0 Å². The maximum Gasteiger partial charge on any atom is 0.00219 e. The summed E-state index contributed by atoms with van der Waals surface area (Å²) in [5, 5.41) is 0. The van der Waals surface area contributed by atoms with Gasteiger partial charge < -0.3 is 9.59 Å². The van der Waals surface area contributed by atoms with E-state index < -0.39 is 0 Å². The molecule has 0 saturated carbocycles. The van der Waals surface area contributed by atoms with E-state index in [1.54, 1.807) is 0 Å². The molecule has 0 aromatic rings. The minimum Gasteiger partial charge on any atom is -0.334 e. The Bertz CT molecular complexity index is 86.6. The molecule has 8 heavy (non-hydrogen) atoms. The zero-order valence-corrected chi connectivity index (χ0v) is 7.35. The topological polar surface area (TPSA) is 34.1 Å². The quantitative estimate of drug-likeness (QED) is 0.465. The first-order valence-corrected chi connectivity index (χ1v) is 1.99. The molecule has 2 nitrogen and oxygen atoms in total. The number of hydrogen-bond acceptors (Lipinski definition) is 2. The van der Waals surface area contributed by atoms with Gasteiger partial charge in [-0.15, -0.1) is 0 Å². The van der Waals surface area contributed by atoms with Gasteiger partial charge in [0.05, 0.1) is 0 Å². The smallest absolute Gasteiger partial charge is 0.00219 e. The van der Waals surface area contributed by atoms with Gasteiger partial charge >= 0.3 is 0 Å². The molecule has 0 heterocycles. The molecule has 44 valence electrons. The van der Waals surface area contributed by atoms with Crippen molar-refractivity contribution in [1.82, 2.24) is 0 Å². The Kier molecular flexibility index (Phi) is 7.18. The van der Waals surface area contributed by atoms with Crippen LogP contribution in [0.2, 0.25) is 0 Å². The van der Waals surface area contributed by atoms with E-state index in [-0.39, 0.29) is 37.8 Å². The van der Waals surface area contributed by atoms with Gasteiger partial charge in [0.1, 0.15) is 0 Å². The summed E-state index contributed by atoms with van der Waals surface area (Å²) >= 11 is 0. The van der Waals surface area contributed by atoms with Gasteiger partial charge in [-0.3, -0.25) is 6.42 Å². The molecule has 0 aliphatic carbocycles. The number of carbonyl (C=O) groups is 2. The van der Waals surface area contributed by atoms with Crippen molar-refractivity contribution < 1.29 is 35.8 Å². The van der Waals surface area contributed by atoms with Crippen LogP contribution in [0.3, 0.4) is 0 Å². The molecule has 0 N–H and O–H groups in total. The van der Waals surface area contributed by atoms with Gasteiger partial charge in [0, 0.05) is 37.8 Å². The largest absolute Gasteiger partial charge is 0.334 e. The van der Waals surface area contributed by atoms with E-state index >= 15 is 0 Å². The normalized spacial score (nSPS) is 6.75. The van der Waals surface area contributed by atoms with Gasteiger partial charge in [0.25, 0.3) is 0 Å². The summed E-state index contributed by atoms with van der Waals surface area (Å²) in [4.78, 5) is 20.0. The van der Waals surface area contributed by atoms with E-state index in [0.717, 1.165) is 6.42 Å². The monoisotopic (exact) mass is 189 g/mol. The van der Waals surface area contributed by atoms with E-state index in [1.807, 2.05) is 0 Å². The molecular formula is C5H7O2Zr-. The molecular weight excluding hydrogens is 183 g/mol. The maximum atomic E-state index is 9.98. The molecule has 0 saturated heterocycles. The van der Waals surface area contributed by atoms with Gasteiger partial charge in [-0.05, 0) is 13.8 Å². The second kappa shape index (κ2) is 5.23. The minimum absolute atomic E-state index is 0. The van der Waals surface area contributed by atoms with Crippen molar-refractivity contribution in [3.63, 3.8) is 0 Å². The minimum atomic E-state index is -0.187. The van der Waals surface area contributed by atoms with Crippen LogP contribution in [0, 0.1) is 6.42 Å². The SMILES string of the molecule is CC(=O)[CH-]C(C)=O.[Zr]. The van der Waals surface area contributed by atoms with Crippen LogP contribution in [0.5, 0.6) is 0 Å². The number of rotatable bonds is 2. The first-order valence-electron chi connectivity index (χ1n) is 1.99. The van der Waals surface area contributed by atoms with Gasteiger partial charge in [-0.2, -0.15) is 0 Å². The third-order valence-corrected chi connectivity index (χ3v) is 0.407. The third kappa shape index (κ3) is 9.43. The van der Waals surface area contributed by atoms with Crippen LogP contribution < -0.4 is 0 Å². The second-order valence-corrected chi connectivity index (χ2v) is 1.37. The van der Waals surface area contributed by atoms with Gasteiger partial charge in [-0.25, -0.2) is 0 Å². The molecule has 0 amide bonds. The maximum absolute atomic E-state index is 9.98. The first-order chi connectivity index (χ1) is 3.13. The summed E-state index contributed by atoms with van der Waals surface area (Å²) in [6.07, 6.45) is 1.06. The average Bonchev–Trinajstić information content (AvgIpc) is 1.27. The molecule has 0 radical (unpaired) electrons. The summed E-state index contributed by atoms with van der Waals surface area (Å²) in [6.45, 7) is 2.70. The Morgan fingerprint density at radius 1 is 1.12 bits per heavy atom. The van der Waals surface area contributed by atoms with Gasteiger partial charge in [0.2, 0.25) is 0 Å². The molecule has 0 bridgehead atoms. The molecule has 0 aromatic heterocycles. The Morgan fingerprint density at radius 3 is 1.38 bits per heavy atom. The number of ketones is 2. The van der Waals surface area contributed by atoms with Crippen molar-refractivity contribution >= 4 is 11.6 Å². The molecule has 0 fully saturated rings. The standard InChI is InChI=1S/C5H7O2.Zr/c1-4(6)3-5(2)7;/h3H,1-2H3;/q-1;. The fourth-order valence-corrected chi connectivity index (χ4v) is 0.286. The van der Waals surface area contributed by atoms with Gasteiger partial charge in [-0.1, -0.05) is 0 Å². The van der Waals surface area contributed by atoms with Crippen LogP contribution in [0.4, 0.5) is 0 Å². The fraction of sp³-hybridized carbons (Fsp3) is 0.400. The van der Waals surface area contributed by atoms with Crippen molar-refractivity contribution in [2.24, 2.45) is 0 Å². The van der Waals surface area contributed by atoms with E-state index in [4.69, 9.17) is 0 Å². The molecule has 0 spiro atoms. The second-order valence-electron chi connectivity index (χ2n) is 1.37. The molecule has 0 aromatic carbocycles. The molecule has 0 aliphatic rings. The Hall–Kier alpha value is 0.0931. The van der Waals surface area contributed by atoms with E-state index in [9.17, 15) is 9.59 Å². The fourth-order valence-electron chi connectivity index (χ4n) is 0.286. The van der Waals surface area contributed by atoms with Gasteiger partial charge in [0.15, 0.2) is 0 Å². The molecule has 0 unspecified atom stereocenters. The first kappa shape index (κ1) is 11.0.